The summed E-state index contributed by atoms with van der Waals surface area (Å²) in [4.78, 5) is 0. The van der Waals surface area contributed by atoms with Crippen molar-refractivity contribution >= 4 is 24.0 Å². The largest absolute Gasteiger partial charge is 0.321 e. The van der Waals surface area contributed by atoms with Gasteiger partial charge in [0.25, 0.3) is 0 Å². The number of nitrogens with two attached hydrogens (primary N) is 1. The highest BCUT2D eigenvalue weighted by Gasteiger charge is 2.11. The topological polar surface area (TPSA) is 26.0 Å². The van der Waals surface area contributed by atoms with E-state index in [4.69, 9.17) is 17.3 Å². The molecule has 0 heterocycles. The lowest BCUT2D eigenvalue weighted by Gasteiger charge is -2.09. The van der Waals surface area contributed by atoms with Crippen LogP contribution in [0.4, 0.5) is 4.39 Å². The number of rotatable bonds is 2. The number of benzene rings is 1. The van der Waals surface area contributed by atoms with Crippen LogP contribution < -0.4 is 5.73 Å². The average Bonchev–Trinajstić information content (AvgIpc) is 2.03. The van der Waals surface area contributed by atoms with E-state index in [2.05, 4.69) is 6.58 Å². The molecule has 1 nitrogen and oxygen atoms in total. The molecule has 1 rings (SSSR count). The predicted octanol–water partition coefficient (Wildman–Crippen LogP) is 3.09. The molecule has 0 bridgehead atoms. The second-order valence-electron chi connectivity index (χ2n) is 2.40. The molecule has 72 valence electrons. The summed E-state index contributed by atoms with van der Waals surface area (Å²) in [5.74, 6) is -0.394. The van der Waals surface area contributed by atoms with E-state index in [1.54, 1.807) is 6.07 Å². The number of hydrogen-bond acceptors (Lipinski definition) is 1. The lowest BCUT2D eigenvalue weighted by molar-refractivity contribution is 0.602. The van der Waals surface area contributed by atoms with Crippen LogP contribution in [0.2, 0.25) is 5.02 Å². The second-order valence-corrected chi connectivity index (χ2v) is 2.80. The first kappa shape index (κ1) is 12.4. The Morgan fingerprint density at radius 3 is 2.62 bits per heavy atom. The highest BCUT2D eigenvalue weighted by atomic mass is 35.5. The van der Waals surface area contributed by atoms with Gasteiger partial charge in [0.2, 0.25) is 0 Å². The molecule has 0 aliphatic rings. The minimum Gasteiger partial charge on any atom is -0.321 e. The first-order valence-electron chi connectivity index (χ1n) is 3.49. The molecule has 0 aliphatic carbocycles. The van der Waals surface area contributed by atoms with Gasteiger partial charge in [-0.05, 0) is 12.1 Å². The van der Waals surface area contributed by atoms with Crippen molar-refractivity contribution in [1.29, 1.82) is 0 Å². The van der Waals surface area contributed by atoms with Crippen molar-refractivity contribution < 1.29 is 4.39 Å². The minimum atomic E-state index is -0.543. The molecule has 0 radical (unpaired) electrons. The van der Waals surface area contributed by atoms with E-state index in [1.165, 1.54) is 18.2 Å². The van der Waals surface area contributed by atoms with Gasteiger partial charge >= 0.3 is 0 Å². The lowest BCUT2D eigenvalue weighted by Crippen LogP contribution is -2.09. The van der Waals surface area contributed by atoms with E-state index in [0.29, 0.717) is 10.6 Å². The summed E-state index contributed by atoms with van der Waals surface area (Å²) in [5.41, 5.74) is 5.85. The monoisotopic (exact) mass is 221 g/mol. The van der Waals surface area contributed by atoms with Gasteiger partial charge in [-0.25, -0.2) is 4.39 Å². The maximum absolute atomic E-state index is 13.1. The molecule has 0 spiro atoms. The van der Waals surface area contributed by atoms with Crippen LogP contribution in [0.25, 0.3) is 0 Å². The van der Waals surface area contributed by atoms with Crippen LogP contribution in [-0.4, -0.2) is 0 Å². The van der Waals surface area contributed by atoms with Gasteiger partial charge in [0, 0.05) is 10.6 Å². The van der Waals surface area contributed by atoms with Crippen LogP contribution in [0.1, 0.15) is 11.6 Å². The standard InChI is InChI=1S/C9H9ClFN.ClH/c1-2-8(12)9-6(10)4-3-5-7(9)11;/h2-5,8H,1,12H2;1H/t8-;/m1./s1. The molecular formula is C9H10Cl2FN. The predicted molar refractivity (Wildman–Crippen MR) is 55.8 cm³/mol. The van der Waals surface area contributed by atoms with Crippen molar-refractivity contribution in [3.05, 3.63) is 47.3 Å². The first-order valence-corrected chi connectivity index (χ1v) is 3.86. The molecule has 1 aromatic carbocycles. The van der Waals surface area contributed by atoms with E-state index >= 15 is 0 Å². The summed E-state index contributed by atoms with van der Waals surface area (Å²) in [6.45, 7) is 3.47. The van der Waals surface area contributed by atoms with Crippen LogP contribution in [0.3, 0.4) is 0 Å². The fourth-order valence-electron chi connectivity index (χ4n) is 0.947. The van der Waals surface area contributed by atoms with Crippen LogP contribution in [0.15, 0.2) is 30.9 Å². The van der Waals surface area contributed by atoms with Gasteiger partial charge in [0.1, 0.15) is 5.82 Å². The van der Waals surface area contributed by atoms with Crippen molar-refractivity contribution in [2.24, 2.45) is 5.73 Å². The Morgan fingerprint density at radius 1 is 1.54 bits per heavy atom. The summed E-state index contributed by atoms with van der Waals surface area (Å²) in [6, 6.07) is 3.92. The van der Waals surface area contributed by atoms with E-state index in [0.717, 1.165) is 0 Å². The minimum absolute atomic E-state index is 0. The molecule has 4 heteroatoms. The Labute approximate surface area is 87.8 Å². The highest BCUT2D eigenvalue weighted by molar-refractivity contribution is 6.31. The van der Waals surface area contributed by atoms with Crippen LogP contribution in [-0.2, 0) is 0 Å². The van der Waals surface area contributed by atoms with Crippen LogP contribution in [0.5, 0.6) is 0 Å². The third-order valence-electron chi connectivity index (χ3n) is 1.59. The van der Waals surface area contributed by atoms with E-state index in [9.17, 15) is 4.39 Å². The molecule has 1 aromatic rings. The Kier molecular flexibility index (Phi) is 4.99. The van der Waals surface area contributed by atoms with Crippen molar-refractivity contribution in [2.45, 2.75) is 6.04 Å². The quantitative estimate of drug-likeness (QED) is 0.764. The van der Waals surface area contributed by atoms with Gasteiger partial charge in [-0.1, -0.05) is 23.7 Å². The first-order chi connectivity index (χ1) is 5.66. The molecule has 0 saturated carbocycles. The Morgan fingerprint density at radius 2 is 2.15 bits per heavy atom. The number of hydrogen-bond donors (Lipinski definition) is 1. The highest BCUT2D eigenvalue weighted by Crippen LogP contribution is 2.24. The average molecular weight is 222 g/mol. The molecule has 0 amide bonds. The molecule has 1 atom stereocenters. The zero-order chi connectivity index (χ0) is 9.14. The van der Waals surface area contributed by atoms with Gasteiger partial charge in [-0.15, -0.1) is 19.0 Å². The molecule has 0 aliphatic heterocycles. The molecular weight excluding hydrogens is 212 g/mol. The van der Waals surface area contributed by atoms with Gasteiger partial charge in [0.05, 0.1) is 6.04 Å². The van der Waals surface area contributed by atoms with Crippen LogP contribution >= 0.6 is 24.0 Å². The second kappa shape index (κ2) is 5.22. The maximum atomic E-state index is 13.1. The molecule has 0 unspecified atom stereocenters. The molecule has 13 heavy (non-hydrogen) atoms. The van der Waals surface area contributed by atoms with Crippen molar-refractivity contribution in [2.75, 3.05) is 0 Å². The Bertz CT molecular complexity index is 281. The summed E-state index contributed by atoms with van der Waals surface area (Å²) in [6.07, 6.45) is 1.45. The van der Waals surface area contributed by atoms with E-state index in [1.807, 2.05) is 0 Å². The van der Waals surface area contributed by atoms with Gasteiger partial charge in [-0.3, -0.25) is 0 Å². The van der Waals surface area contributed by atoms with Crippen LogP contribution in [0, 0.1) is 5.82 Å². The van der Waals surface area contributed by atoms with Gasteiger partial charge in [-0.2, -0.15) is 0 Å². The number of halogens is 3. The summed E-state index contributed by atoms with van der Waals surface area (Å²) < 4.78 is 13.1. The fraction of sp³-hybridized carbons (Fsp3) is 0.111. The maximum Gasteiger partial charge on any atom is 0.129 e. The van der Waals surface area contributed by atoms with E-state index in [-0.39, 0.29) is 12.4 Å². The van der Waals surface area contributed by atoms with Gasteiger partial charge in [0.15, 0.2) is 0 Å². The normalized spacial score (nSPS) is 11.6. The molecule has 0 saturated heterocycles. The Hall–Kier alpha value is -0.570. The Balaban J connectivity index is 0.00000144. The zero-order valence-electron chi connectivity index (χ0n) is 6.84. The SMILES string of the molecule is C=C[C@@H](N)c1c(F)cccc1Cl.Cl. The smallest absolute Gasteiger partial charge is 0.129 e. The summed E-state index contributed by atoms with van der Waals surface area (Å²) in [5, 5.41) is 0.336. The third-order valence-corrected chi connectivity index (χ3v) is 1.92. The van der Waals surface area contributed by atoms with Crippen molar-refractivity contribution in [1.82, 2.24) is 0 Å². The lowest BCUT2D eigenvalue weighted by atomic mass is 10.1. The van der Waals surface area contributed by atoms with Gasteiger partial charge < -0.3 is 5.73 Å². The molecule has 2 N–H and O–H groups in total. The van der Waals surface area contributed by atoms with Crippen molar-refractivity contribution in [3.8, 4) is 0 Å². The zero-order valence-corrected chi connectivity index (χ0v) is 8.41. The fourth-order valence-corrected chi connectivity index (χ4v) is 1.24. The summed E-state index contributed by atoms with van der Waals surface area (Å²) >= 11 is 5.74. The third kappa shape index (κ3) is 2.69. The molecule has 0 fully saturated rings. The molecule has 0 aromatic heterocycles. The summed E-state index contributed by atoms with van der Waals surface area (Å²) in [7, 11) is 0. The van der Waals surface area contributed by atoms with Crippen molar-refractivity contribution in [3.63, 3.8) is 0 Å². The van der Waals surface area contributed by atoms with E-state index < -0.39 is 11.9 Å².